The van der Waals surface area contributed by atoms with Gasteiger partial charge in [0.1, 0.15) is 23.7 Å². The molecule has 1 aromatic carbocycles. The van der Waals surface area contributed by atoms with E-state index in [1.54, 1.807) is 6.07 Å². The molecule has 5 aromatic rings. The standard InChI is InChI=1S/C26H26N8O/c1-15(2)34-17(4)30-31-25(34)20-6-5-7-24(29-20)33-14-28-21-10-16(3)23(11-19(21)26(33)35)32-12-22(27-13-32)18-8-9-18/h5-7,10-15,18H,8-9H2,1-4H3. The lowest BCUT2D eigenvalue weighted by molar-refractivity contribution is 0.586. The van der Waals surface area contributed by atoms with Gasteiger partial charge in [0, 0.05) is 18.2 Å². The average molecular weight is 467 g/mol. The van der Waals surface area contributed by atoms with Crippen molar-refractivity contribution in [1.29, 1.82) is 0 Å². The molecule has 0 atom stereocenters. The predicted molar refractivity (Wildman–Crippen MR) is 133 cm³/mol. The summed E-state index contributed by atoms with van der Waals surface area (Å²) in [5.41, 5.74) is 4.20. The first-order valence-electron chi connectivity index (χ1n) is 11.9. The molecule has 9 heteroatoms. The minimum Gasteiger partial charge on any atom is -0.307 e. The first kappa shape index (κ1) is 21.4. The van der Waals surface area contributed by atoms with Crippen LogP contribution in [-0.4, -0.2) is 38.9 Å². The van der Waals surface area contributed by atoms with Crippen LogP contribution in [-0.2, 0) is 0 Å². The van der Waals surface area contributed by atoms with Crippen LogP contribution in [0.15, 0.2) is 54.0 Å². The van der Waals surface area contributed by atoms with Gasteiger partial charge in [0.25, 0.3) is 5.56 Å². The number of hydrogen-bond acceptors (Lipinski definition) is 6. The fourth-order valence-electron chi connectivity index (χ4n) is 4.61. The van der Waals surface area contributed by atoms with Crippen molar-refractivity contribution in [2.45, 2.75) is 52.5 Å². The quantitative estimate of drug-likeness (QED) is 0.383. The summed E-state index contributed by atoms with van der Waals surface area (Å²) in [6, 6.07) is 9.58. The second-order valence-corrected chi connectivity index (χ2v) is 9.47. The summed E-state index contributed by atoms with van der Waals surface area (Å²) in [6.07, 6.45) is 7.83. The van der Waals surface area contributed by atoms with Gasteiger partial charge in [0.05, 0.1) is 28.6 Å². The minimum atomic E-state index is -0.176. The van der Waals surface area contributed by atoms with Crippen LogP contribution in [0.2, 0.25) is 0 Å². The van der Waals surface area contributed by atoms with Crippen molar-refractivity contribution in [3.63, 3.8) is 0 Å². The molecule has 0 unspecified atom stereocenters. The zero-order valence-corrected chi connectivity index (χ0v) is 20.2. The van der Waals surface area contributed by atoms with E-state index in [1.807, 2.05) is 53.6 Å². The molecule has 4 aromatic heterocycles. The molecule has 0 radical (unpaired) electrons. The Bertz CT molecular complexity index is 1640. The zero-order chi connectivity index (χ0) is 24.3. The lowest BCUT2D eigenvalue weighted by atomic mass is 10.1. The third kappa shape index (κ3) is 3.63. The summed E-state index contributed by atoms with van der Waals surface area (Å²) in [7, 11) is 0. The predicted octanol–water partition coefficient (Wildman–Crippen LogP) is 4.30. The van der Waals surface area contributed by atoms with Crippen molar-refractivity contribution >= 4 is 10.9 Å². The summed E-state index contributed by atoms with van der Waals surface area (Å²) in [5.74, 6) is 2.54. The Labute approximate surface area is 202 Å². The molecule has 176 valence electrons. The van der Waals surface area contributed by atoms with Gasteiger partial charge < -0.3 is 9.13 Å². The number of nitrogens with zero attached hydrogens (tertiary/aromatic N) is 8. The highest BCUT2D eigenvalue weighted by Gasteiger charge is 2.26. The van der Waals surface area contributed by atoms with Gasteiger partial charge in [0.2, 0.25) is 0 Å². The van der Waals surface area contributed by atoms with Crippen molar-refractivity contribution in [3.05, 3.63) is 76.6 Å². The normalized spacial score (nSPS) is 13.7. The third-order valence-electron chi connectivity index (χ3n) is 6.55. The van der Waals surface area contributed by atoms with Crippen molar-refractivity contribution in [2.75, 3.05) is 0 Å². The molecule has 0 spiro atoms. The number of aryl methyl sites for hydroxylation is 2. The van der Waals surface area contributed by atoms with Crippen LogP contribution < -0.4 is 5.56 Å². The molecule has 1 aliphatic rings. The zero-order valence-electron chi connectivity index (χ0n) is 20.2. The maximum Gasteiger partial charge on any atom is 0.267 e. The fraction of sp³-hybridized carbons (Fsp3) is 0.308. The Morgan fingerprint density at radius 3 is 2.63 bits per heavy atom. The molecule has 0 aliphatic heterocycles. The number of rotatable bonds is 5. The molecular weight excluding hydrogens is 440 g/mol. The van der Waals surface area contributed by atoms with Crippen LogP contribution in [0, 0.1) is 13.8 Å². The number of aromatic nitrogens is 8. The molecule has 1 fully saturated rings. The van der Waals surface area contributed by atoms with E-state index in [9.17, 15) is 4.79 Å². The van der Waals surface area contributed by atoms with Gasteiger partial charge in [-0.2, -0.15) is 0 Å². The van der Waals surface area contributed by atoms with Crippen LogP contribution in [0.5, 0.6) is 0 Å². The van der Waals surface area contributed by atoms with Crippen LogP contribution >= 0.6 is 0 Å². The van der Waals surface area contributed by atoms with Crippen LogP contribution in [0.25, 0.3) is 33.9 Å². The highest BCUT2D eigenvalue weighted by Crippen LogP contribution is 2.39. The number of fused-ring (bicyclic) bond motifs is 1. The molecule has 0 N–H and O–H groups in total. The van der Waals surface area contributed by atoms with Gasteiger partial charge >= 0.3 is 0 Å². The summed E-state index contributed by atoms with van der Waals surface area (Å²) >= 11 is 0. The van der Waals surface area contributed by atoms with E-state index >= 15 is 0 Å². The third-order valence-corrected chi connectivity index (χ3v) is 6.55. The van der Waals surface area contributed by atoms with E-state index < -0.39 is 0 Å². The van der Waals surface area contributed by atoms with Gasteiger partial charge in [-0.15, -0.1) is 10.2 Å². The van der Waals surface area contributed by atoms with E-state index in [2.05, 4.69) is 40.2 Å². The summed E-state index contributed by atoms with van der Waals surface area (Å²) in [6.45, 7) is 8.10. The highest BCUT2D eigenvalue weighted by atomic mass is 16.1. The monoisotopic (exact) mass is 466 g/mol. The number of benzene rings is 1. The Balaban J connectivity index is 1.46. The van der Waals surface area contributed by atoms with Crippen molar-refractivity contribution < 1.29 is 0 Å². The van der Waals surface area contributed by atoms with Crippen LogP contribution in [0.1, 0.15) is 55.7 Å². The number of imidazole rings is 1. The minimum absolute atomic E-state index is 0.176. The summed E-state index contributed by atoms with van der Waals surface area (Å²) < 4.78 is 5.51. The van der Waals surface area contributed by atoms with Crippen LogP contribution in [0.4, 0.5) is 0 Å². The molecule has 1 aliphatic carbocycles. The fourth-order valence-corrected chi connectivity index (χ4v) is 4.61. The second kappa shape index (κ2) is 7.97. The molecule has 9 nitrogen and oxygen atoms in total. The van der Waals surface area contributed by atoms with E-state index in [0.717, 1.165) is 22.8 Å². The largest absolute Gasteiger partial charge is 0.307 e. The Morgan fingerprint density at radius 1 is 1.03 bits per heavy atom. The van der Waals surface area contributed by atoms with Gasteiger partial charge in [0.15, 0.2) is 5.82 Å². The molecular formula is C26H26N8O. The Kier molecular flexibility index (Phi) is 4.87. The highest BCUT2D eigenvalue weighted by molar-refractivity contribution is 5.81. The van der Waals surface area contributed by atoms with Crippen molar-refractivity contribution in [1.82, 2.24) is 38.9 Å². The SMILES string of the molecule is Cc1cc2ncn(-c3cccc(-c4nnc(C)n4C(C)C)n3)c(=O)c2cc1-n1cnc(C2CC2)c1. The molecule has 0 bridgehead atoms. The average Bonchev–Trinajstić information content (AvgIpc) is 3.44. The van der Waals surface area contributed by atoms with Crippen molar-refractivity contribution in [3.8, 4) is 23.0 Å². The molecule has 35 heavy (non-hydrogen) atoms. The number of hydrogen-bond donors (Lipinski definition) is 0. The van der Waals surface area contributed by atoms with E-state index in [0.29, 0.717) is 34.2 Å². The van der Waals surface area contributed by atoms with Gasteiger partial charge in [-0.3, -0.25) is 9.36 Å². The van der Waals surface area contributed by atoms with Gasteiger partial charge in [-0.25, -0.2) is 15.0 Å². The number of pyridine rings is 1. The second-order valence-electron chi connectivity index (χ2n) is 9.47. The molecule has 4 heterocycles. The van der Waals surface area contributed by atoms with E-state index in [-0.39, 0.29) is 11.6 Å². The first-order valence-corrected chi connectivity index (χ1v) is 11.9. The molecule has 6 rings (SSSR count). The first-order chi connectivity index (χ1) is 16.9. The smallest absolute Gasteiger partial charge is 0.267 e. The summed E-state index contributed by atoms with van der Waals surface area (Å²) in [4.78, 5) is 27.5. The van der Waals surface area contributed by atoms with Crippen molar-refractivity contribution in [2.24, 2.45) is 0 Å². The lowest BCUT2D eigenvalue weighted by Gasteiger charge is -2.13. The van der Waals surface area contributed by atoms with E-state index in [1.165, 1.54) is 23.7 Å². The summed E-state index contributed by atoms with van der Waals surface area (Å²) in [5, 5.41) is 9.08. The molecule has 0 amide bonds. The maximum atomic E-state index is 13.6. The van der Waals surface area contributed by atoms with Gasteiger partial charge in [-0.1, -0.05) is 6.07 Å². The molecule has 1 saturated carbocycles. The van der Waals surface area contributed by atoms with E-state index in [4.69, 9.17) is 4.98 Å². The van der Waals surface area contributed by atoms with Gasteiger partial charge in [-0.05, 0) is 70.4 Å². The van der Waals surface area contributed by atoms with Crippen LogP contribution in [0.3, 0.4) is 0 Å². The Hall–Kier alpha value is -4.14. The molecule has 0 saturated heterocycles. The topological polar surface area (TPSA) is 96.3 Å². The Morgan fingerprint density at radius 2 is 1.86 bits per heavy atom. The lowest BCUT2D eigenvalue weighted by Crippen LogP contribution is -2.20. The maximum absolute atomic E-state index is 13.6.